The van der Waals surface area contributed by atoms with Gasteiger partial charge in [0.2, 0.25) is 0 Å². The molecule has 0 N–H and O–H groups in total. The summed E-state index contributed by atoms with van der Waals surface area (Å²) in [5, 5.41) is -1.27. The number of ketones is 1. The van der Waals surface area contributed by atoms with Gasteiger partial charge in [0.1, 0.15) is 5.78 Å². The summed E-state index contributed by atoms with van der Waals surface area (Å²) >= 11 is 6.25. The number of hydrogen-bond donors (Lipinski definition) is 0. The number of fused-ring (bicyclic) bond motifs is 1. The molecule has 0 aromatic heterocycles. The fourth-order valence-electron chi connectivity index (χ4n) is 7.66. The van der Waals surface area contributed by atoms with E-state index in [9.17, 15) is 21.6 Å². The highest BCUT2D eigenvalue weighted by Crippen LogP contribution is 2.54. The van der Waals surface area contributed by atoms with Crippen LogP contribution in [-0.2, 0) is 30.9 Å². The minimum Gasteiger partial charge on any atom is -0.299 e. The van der Waals surface area contributed by atoms with E-state index in [1.165, 1.54) is 0 Å². The van der Waals surface area contributed by atoms with Crippen molar-refractivity contribution in [3.8, 4) is 0 Å². The van der Waals surface area contributed by atoms with Crippen LogP contribution >= 0.6 is 11.6 Å². The molecule has 8 heteroatoms. The maximum atomic E-state index is 14.7. The van der Waals surface area contributed by atoms with Crippen LogP contribution in [-0.4, -0.2) is 33.1 Å². The Labute approximate surface area is 277 Å². The third-order valence-corrected chi connectivity index (χ3v) is 15.0. The van der Waals surface area contributed by atoms with Crippen LogP contribution in [0, 0.1) is 25.7 Å². The van der Waals surface area contributed by atoms with E-state index in [1.54, 1.807) is 60.7 Å². The van der Waals surface area contributed by atoms with Crippen LogP contribution in [0.25, 0.3) is 0 Å². The molecule has 4 aromatic rings. The normalized spacial score (nSPS) is 25.2. The third kappa shape index (κ3) is 6.10. The van der Waals surface area contributed by atoms with Crippen molar-refractivity contribution in [2.75, 3.05) is 0 Å². The lowest BCUT2D eigenvalue weighted by atomic mass is 9.61. The van der Waals surface area contributed by atoms with Gasteiger partial charge in [0.05, 0.1) is 20.3 Å². The van der Waals surface area contributed by atoms with Crippen LogP contribution in [0.15, 0.2) is 107 Å². The maximum Gasteiger partial charge on any atom is 0.182 e. The fourth-order valence-corrected chi connectivity index (χ4v) is 12.1. The van der Waals surface area contributed by atoms with E-state index in [4.69, 9.17) is 11.6 Å². The van der Waals surface area contributed by atoms with E-state index in [-0.39, 0.29) is 34.8 Å². The van der Waals surface area contributed by atoms with Crippen molar-refractivity contribution in [1.82, 2.24) is 0 Å². The Morgan fingerprint density at radius 1 is 0.630 bits per heavy atom. The lowest BCUT2D eigenvalue weighted by Gasteiger charge is -2.48. The van der Waals surface area contributed by atoms with E-state index < -0.39 is 53.8 Å². The maximum absolute atomic E-state index is 14.7. The number of halogens is 1. The molecule has 2 fully saturated rings. The van der Waals surface area contributed by atoms with Gasteiger partial charge in [-0.05, 0) is 92.1 Å². The van der Waals surface area contributed by atoms with Gasteiger partial charge < -0.3 is 0 Å². The molecule has 0 amide bonds. The summed E-state index contributed by atoms with van der Waals surface area (Å²) in [6.07, 6.45) is 1.20. The molecule has 0 saturated heterocycles. The highest BCUT2D eigenvalue weighted by Gasteiger charge is 2.56. The molecule has 2 aliphatic rings. The first-order chi connectivity index (χ1) is 21.9. The molecule has 4 unspecified atom stereocenters. The number of hydrogen-bond acceptors (Lipinski definition) is 5. The van der Waals surface area contributed by atoms with E-state index in [2.05, 4.69) is 6.92 Å². The molecular formula is C38H39ClO5S2. The molecule has 46 heavy (non-hydrogen) atoms. The number of carbonyl (C=O) groups excluding carboxylic acids is 1. The number of Topliss-reactive ketones (excluding diaryl/α,β-unsaturated/α-hetero) is 1. The van der Waals surface area contributed by atoms with E-state index in [0.717, 1.165) is 34.2 Å². The lowest BCUT2D eigenvalue weighted by molar-refractivity contribution is -0.128. The largest absolute Gasteiger partial charge is 0.299 e. The molecule has 5 nitrogen and oxygen atoms in total. The molecule has 0 bridgehead atoms. The quantitative estimate of drug-likeness (QED) is 0.198. The van der Waals surface area contributed by atoms with Crippen LogP contribution < -0.4 is 0 Å². The predicted octanol–water partition coefficient (Wildman–Crippen LogP) is 8.07. The van der Waals surface area contributed by atoms with Gasteiger partial charge in [-0.2, -0.15) is 0 Å². The second-order valence-corrected chi connectivity index (χ2v) is 17.7. The Morgan fingerprint density at radius 3 is 1.67 bits per heavy atom. The van der Waals surface area contributed by atoms with Crippen LogP contribution in [0.1, 0.15) is 65.8 Å². The average molecular weight is 675 g/mol. The molecule has 2 saturated carbocycles. The zero-order valence-corrected chi connectivity index (χ0v) is 28.7. The molecule has 6 rings (SSSR count). The molecule has 2 aliphatic carbocycles. The minimum absolute atomic E-state index is 0.0469. The highest BCUT2D eigenvalue weighted by molar-refractivity contribution is 7.92. The summed E-state index contributed by atoms with van der Waals surface area (Å²) < 4.78 is 58.2. The van der Waals surface area contributed by atoms with Crippen molar-refractivity contribution in [3.05, 3.63) is 130 Å². The van der Waals surface area contributed by atoms with E-state index >= 15 is 0 Å². The van der Waals surface area contributed by atoms with Gasteiger partial charge in [0, 0.05) is 29.2 Å². The van der Waals surface area contributed by atoms with Crippen LogP contribution in [0.5, 0.6) is 0 Å². The van der Waals surface area contributed by atoms with Crippen molar-refractivity contribution in [3.63, 3.8) is 0 Å². The fraction of sp³-hybridized carbons (Fsp3) is 0.342. The summed E-state index contributed by atoms with van der Waals surface area (Å²) in [5.74, 6) is -2.43. The zero-order chi connectivity index (χ0) is 32.8. The van der Waals surface area contributed by atoms with Crippen molar-refractivity contribution in [1.29, 1.82) is 0 Å². The van der Waals surface area contributed by atoms with Gasteiger partial charge in [0.25, 0.3) is 0 Å². The van der Waals surface area contributed by atoms with Crippen molar-refractivity contribution < 1.29 is 21.6 Å². The van der Waals surface area contributed by atoms with Gasteiger partial charge in [0.15, 0.2) is 19.7 Å². The van der Waals surface area contributed by atoms with Crippen LogP contribution in [0.3, 0.4) is 0 Å². The number of sulfone groups is 2. The summed E-state index contributed by atoms with van der Waals surface area (Å²) in [6, 6.07) is 28.8. The molecule has 240 valence electrons. The van der Waals surface area contributed by atoms with Crippen LogP contribution in [0.2, 0.25) is 5.02 Å². The molecular weight excluding hydrogens is 636 g/mol. The van der Waals surface area contributed by atoms with Crippen molar-refractivity contribution in [2.24, 2.45) is 11.8 Å². The first kappa shape index (κ1) is 32.7. The molecule has 0 aliphatic heterocycles. The van der Waals surface area contributed by atoms with Crippen LogP contribution in [0.4, 0.5) is 0 Å². The number of rotatable bonds is 7. The summed E-state index contributed by atoms with van der Waals surface area (Å²) in [6.45, 7) is 5.88. The molecule has 0 heterocycles. The molecule has 4 aromatic carbocycles. The first-order valence-electron chi connectivity index (χ1n) is 15.9. The first-order valence-corrected chi connectivity index (χ1v) is 19.4. The summed E-state index contributed by atoms with van der Waals surface area (Å²) in [4.78, 5) is 14.6. The van der Waals surface area contributed by atoms with Crippen molar-refractivity contribution in [2.45, 2.75) is 78.6 Å². The SMILES string of the molecule is CCc1ccc(C2CC(=O)[C@@H]3CC(S(=O)(=O)c4ccc(C)cc4)C(c4ccc(Cl)cc4)C[C@@H]3C2S(=O)(=O)c2ccc(C)cc2)cc1. The third-order valence-electron chi connectivity index (χ3n) is 10.2. The van der Waals surface area contributed by atoms with Gasteiger partial charge in [-0.15, -0.1) is 0 Å². The van der Waals surface area contributed by atoms with Gasteiger partial charge in [-0.3, -0.25) is 4.79 Å². The Hall–Kier alpha value is -3.26. The molecule has 0 spiro atoms. The highest BCUT2D eigenvalue weighted by atomic mass is 35.5. The Balaban J connectivity index is 1.50. The van der Waals surface area contributed by atoms with E-state index in [0.29, 0.717) is 5.02 Å². The smallest absolute Gasteiger partial charge is 0.182 e. The van der Waals surface area contributed by atoms with Gasteiger partial charge in [-0.25, -0.2) is 16.8 Å². The Morgan fingerprint density at radius 2 is 1.13 bits per heavy atom. The number of aryl methyl sites for hydroxylation is 3. The minimum atomic E-state index is -3.93. The number of benzene rings is 4. The van der Waals surface area contributed by atoms with Gasteiger partial charge in [-0.1, -0.05) is 90.3 Å². The van der Waals surface area contributed by atoms with Gasteiger partial charge >= 0.3 is 0 Å². The Kier molecular flexibility index (Phi) is 9.05. The van der Waals surface area contributed by atoms with E-state index in [1.807, 2.05) is 50.2 Å². The summed E-state index contributed by atoms with van der Waals surface area (Å²) in [5.41, 5.74) is 4.62. The zero-order valence-electron chi connectivity index (χ0n) is 26.3. The Bertz CT molecular complexity index is 1930. The number of carbonyl (C=O) groups is 1. The average Bonchev–Trinajstić information content (AvgIpc) is 3.05. The topological polar surface area (TPSA) is 85.3 Å². The molecule has 6 atom stereocenters. The predicted molar refractivity (Wildman–Crippen MR) is 183 cm³/mol. The molecule has 0 radical (unpaired) electrons. The standard InChI is InChI=1S/C38H39ClO5S2/c1-4-26-9-11-28(12-10-26)33-22-36(40)34-23-37(45(41,42)30-17-5-24(2)6-18-30)32(27-13-15-29(39)16-14-27)21-35(34)38(33)46(43,44)31-19-7-25(3)8-20-31/h5-20,32-35,37-38H,4,21-23H2,1-3H3/t32?,33?,34-,35+,37?,38?/m1/s1. The monoisotopic (exact) mass is 674 g/mol. The second-order valence-electron chi connectivity index (χ2n) is 13.0. The second kappa shape index (κ2) is 12.7. The lowest BCUT2D eigenvalue weighted by Crippen LogP contribution is -2.53. The van der Waals surface area contributed by atoms with Crippen molar-refractivity contribution >= 4 is 37.1 Å². The summed E-state index contributed by atoms with van der Waals surface area (Å²) in [7, 11) is -7.81.